The number of carbonyl (C=O) groups excluding carboxylic acids is 3. The van der Waals surface area contributed by atoms with E-state index in [1.165, 1.54) is 67.9 Å². The first-order valence-electron chi connectivity index (χ1n) is 41.5. The van der Waals surface area contributed by atoms with Crippen LogP contribution in [0.5, 0.6) is 17.2 Å². The van der Waals surface area contributed by atoms with Gasteiger partial charge in [0, 0.05) is 285 Å². The number of allylic oxidation sites excluding steroid dienone is 3. The molecular formula is C99H147N8O10V7-7. The van der Waals surface area contributed by atoms with Crippen LogP contribution in [-0.4, -0.2) is 184 Å². The third-order valence-corrected chi connectivity index (χ3v) is 28.5. The number of benzene rings is 4. The molecule has 16 rings (SSSR count). The van der Waals surface area contributed by atoms with Gasteiger partial charge < -0.3 is 95.8 Å². The molecule has 3 unspecified atom stereocenters. The van der Waals surface area contributed by atoms with E-state index in [1.807, 2.05) is 12.1 Å². The number of hydrogen-bond acceptors (Lipinski definition) is 17. The van der Waals surface area contributed by atoms with Crippen molar-refractivity contribution in [3.63, 3.8) is 0 Å². The molecule has 7 fully saturated rings. The smallest absolute Gasteiger partial charge is 0.159 e. The molecule has 11 aliphatic heterocycles. The van der Waals surface area contributed by atoms with Gasteiger partial charge >= 0.3 is 0 Å². The summed E-state index contributed by atoms with van der Waals surface area (Å²) in [6.07, 6.45) is 17.9. The maximum atomic E-state index is 12.4. The number of hydrogen-bond donors (Lipinski definition) is 3. The average Bonchev–Trinajstić information content (AvgIpc) is 1.59. The molecule has 3 N–H and O–H groups in total. The van der Waals surface area contributed by atoms with Crippen LogP contribution >= 0.6 is 0 Å². The van der Waals surface area contributed by atoms with E-state index in [-0.39, 0.29) is 234 Å². The van der Waals surface area contributed by atoms with Gasteiger partial charge in [0.05, 0.1) is 78.9 Å². The first-order chi connectivity index (χ1) is 53.1. The number of Topliss-reactive ketones (excluding diaryl/α,β-unsaturated/α-hetero) is 3. The van der Waals surface area contributed by atoms with Gasteiger partial charge in [-0.15, -0.1) is 0 Å². The number of nitrogens with one attached hydrogen (secondary N) is 2. The number of aliphatic hydroxyl groups excluding tert-OH is 1. The Morgan fingerprint density at radius 2 is 0.952 bits per heavy atom. The minimum absolute atomic E-state index is 0. The molecule has 18 nitrogen and oxygen atoms in total. The number of piperidine rings is 7. The van der Waals surface area contributed by atoms with E-state index in [2.05, 4.69) is 146 Å². The van der Waals surface area contributed by atoms with Crippen molar-refractivity contribution in [2.45, 2.75) is 200 Å². The Kier molecular flexibility index (Phi) is 52.6. The quantitative estimate of drug-likeness (QED) is 0.0426. The summed E-state index contributed by atoms with van der Waals surface area (Å²) in [6, 6.07) is 27.0. The summed E-state index contributed by atoms with van der Waals surface area (Å²) in [5, 5.41) is 14.8. The normalized spacial score (nSPS) is 27.5. The zero-order chi connectivity index (χ0) is 78.2. The van der Waals surface area contributed by atoms with E-state index in [0.717, 1.165) is 168 Å². The van der Waals surface area contributed by atoms with Crippen LogP contribution in [-0.2, 0) is 176 Å². The van der Waals surface area contributed by atoms with E-state index in [9.17, 15) is 19.5 Å². The van der Waals surface area contributed by atoms with E-state index in [1.54, 1.807) is 82.2 Å². The minimum Gasteiger partial charge on any atom is -0.504 e. The SMILES string of the molecule is CC[C@@H]1CN2CCC3c4c(cccc4OC)NC3[C@@H]2C[C@@H]1/C(=C\OC)C(C)=O.CC[C@@H]1CN2CC[C@@]3(C)C(=Nc4cccc(C)c43)[C@@H]2C[C@@H]1/C(=C\OC)C(C)=O.CC[C@@H]1CN2CC[C@@]3(C)C(=Nc4cccc(OC)c43)[C@@H]2C[C@@H]1/C(=C\OC)C(C)=O.CC[C@@H]1CN2CCc3c([nH]c4cccc(OC)c34)[C@@H]2C[C@@H]1C(C)CO.[CH3-].[CH3-].[CH3-].[CH3-].[CH3-].[CH3-].[CH3-].[V].[V].[V].[V].[V].[V].[V]. The van der Waals surface area contributed by atoms with Crippen molar-refractivity contribution in [2.24, 2.45) is 63.2 Å². The Bertz CT molecular complexity index is 4380. The van der Waals surface area contributed by atoms with Crippen LogP contribution < -0.4 is 19.5 Å². The molecule has 7 saturated heterocycles. The van der Waals surface area contributed by atoms with Crippen molar-refractivity contribution in [1.82, 2.24) is 24.6 Å². The number of carbonyl (C=O) groups is 3. The van der Waals surface area contributed by atoms with Gasteiger partial charge in [0.1, 0.15) is 17.2 Å². The summed E-state index contributed by atoms with van der Waals surface area (Å²) >= 11 is 0. The number of H-pyrrole nitrogens is 1. The maximum absolute atomic E-state index is 12.4. The molecule has 4 aromatic carbocycles. The van der Waals surface area contributed by atoms with Gasteiger partial charge in [-0.1, -0.05) is 97.6 Å². The van der Waals surface area contributed by atoms with Gasteiger partial charge in [-0.25, -0.2) is 0 Å². The Hall–Kier alpha value is -3.52. The number of fused-ring (bicyclic) bond motifs is 20. The Morgan fingerprint density at radius 3 is 1.43 bits per heavy atom. The van der Waals surface area contributed by atoms with Crippen molar-refractivity contribution in [3.05, 3.63) is 194 Å². The second-order valence-corrected chi connectivity index (χ2v) is 34.1. The molecule has 0 amide bonds. The fraction of sp³-hybridized carbons (Fsp3) is 0.556. The van der Waals surface area contributed by atoms with E-state index in [4.69, 9.17) is 38.4 Å². The summed E-state index contributed by atoms with van der Waals surface area (Å²) < 4.78 is 32.9. The van der Waals surface area contributed by atoms with Crippen LogP contribution in [0.15, 0.2) is 118 Å². The summed E-state index contributed by atoms with van der Waals surface area (Å²) in [5.74, 6) is 7.54. The summed E-state index contributed by atoms with van der Waals surface area (Å²) in [6.45, 7) is 32.0. The Morgan fingerprint density at radius 1 is 0.524 bits per heavy atom. The van der Waals surface area contributed by atoms with Crippen molar-refractivity contribution < 1.29 is 178 Å². The zero-order valence-corrected chi connectivity index (χ0v) is 88.9. The average molecular weight is 1970 g/mol. The molecular weight excluding hydrogens is 1820 g/mol. The third kappa shape index (κ3) is 23.6. The Labute approximate surface area is 832 Å². The minimum atomic E-state index is -0.103. The van der Waals surface area contributed by atoms with E-state index in [0.29, 0.717) is 72.2 Å². The molecule has 7 radical (unpaired) electrons. The van der Waals surface area contributed by atoms with Crippen LogP contribution in [0.3, 0.4) is 0 Å². The monoisotopic (exact) mass is 1960 g/mol. The molecule has 685 valence electrons. The molecule has 0 spiro atoms. The van der Waals surface area contributed by atoms with Crippen molar-refractivity contribution in [1.29, 1.82) is 0 Å². The maximum Gasteiger partial charge on any atom is 0.159 e. The number of aryl methyl sites for hydroxylation is 1. The molecule has 25 heteroatoms. The number of methoxy groups -OCH3 is 6. The predicted molar refractivity (Wildman–Crippen MR) is 485 cm³/mol. The van der Waals surface area contributed by atoms with Gasteiger partial charge in [0.25, 0.3) is 0 Å². The molecule has 5 aromatic rings. The second kappa shape index (κ2) is 53.2. The van der Waals surface area contributed by atoms with Crippen molar-refractivity contribution in [2.75, 3.05) is 107 Å². The number of ether oxygens (including phenoxy) is 6. The van der Waals surface area contributed by atoms with Gasteiger partial charge in [0.2, 0.25) is 0 Å². The van der Waals surface area contributed by atoms with Crippen LogP contribution in [0.2, 0.25) is 0 Å². The number of aromatic nitrogens is 1. The number of rotatable bonds is 18. The topological polar surface area (TPSA) is 192 Å². The summed E-state index contributed by atoms with van der Waals surface area (Å²) in [4.78, 5) is 61.7. The molecule has 1 aromatic heterocycles. The zero-order valence-electron chi connectivity index (χ0n) is 79.1. The number of aromatic amines is 1. The molecule has 124 heavy (non-hydrogen) atoms. The van der Waals surface area contributed by atoms with Crippen LogP contribution in [0.25, 0.3) is 10.9 Å². The first-order valence-corrected chi connectivity index (χ1v) is 41.5. The predicted octanol–water partition coefficient (Wildman–Crippen LogP) is 19.6. The van der Waals surface area contributed by atoms with Gasteiger partial charge in [0.15, 0.2) is 17.3 Å². The van der Waals surface area contributed by atoms with Crippen molar-refractivity contribution >= 4 is 56.7 Å². The molecule has 0 saturated carbocycles. The first kappa shape index (κ1) is 123. The van der Waals surface area contributed by atoms with Crippen LogP contribution in [0, 0.1) is 112 Å². The van der Waals surface area contributed by atoms with Crippen molar-refractivity contribution in [3.8, 4) is 17.2 Å². The van der Waals surface area contributed by atoms with Crippen LogP contribution in [0.4, 0.5) is 17.1 Å². The number of anilines is 1. The second-order valence-electron chi connectivity index (χ2n) is 34.1. The van der Waals surface area contributed by atoms with Gasteiger partial charge in [-0.05, 0) is 205 Å². The summed E-state index contributed by atoms with van der Waals surface area (Å²) in [5.41, 5.74) is 17.7. The Balaban J connectivity index is 0. The molecule has 0 bridgehead atoms. The van der Waals surface area contributed by atoms with Crippen LogP contribution in [0.1, 0.15) is 185 Å². The number of nitrogens with zero attached hydrogens (tertiary/aromatic N) is 6. The molecule has 0 aliphatic carbocycles. The number of ketones is 3. The molecule has 17 atom stereocenters. The largest absolute Gasteiger partial charge is 0.504 e. The van der Waals surface area contributed by atoms with E-state index < -0.39 is 0 Å². The molecule has 12 heterocycles. The fourth-order valence-electron chi connectivity index (χ4n) is 22.8. The van der Waals surface area contributed by atoms with Gasteiger partial charge in [-0.2, -0.15) is 0 Å². The molecule has 11 aliphatic rings. The summed E-state index contributed by atoms with van der Waals surface area (Å²) in [7, 11) is 10.2. The number of aliphatic hydroxyl groups is 1. The standard InChI is InChI=1S/C24H32N2O3.C24H32N2O2.C23H32N2O3.C21H30N2O2.7CH3.7V/c1-6-16-13-26-11-10-24(3)22-19(8-7-9-21(22)29-5)25-23(24)20(26)12-17(16)18(14-28-4)15(2)27;1-6-17-13-26-11-10-24(4)22-15(2)8-7-9-20(22)25-23(24)21(26)12-18(17)19(14-28-5)16(3)27;1-5-15-12-25-10-9-16-22-19(7-6-8-21(22)28-4)24-23(16)20(25)11-17(15)18(13-27-3)14(2)26;1-4-14-11-23-9-8-15-20-17(6-5-7-19(20)25-3)22-21(15)18(23)10-16(14)13(2)12-24;;;;;;;;;;;;;;/h7-9,14,16-17,20H,6,10-13H2,1-5H3;7-9,14,17-18,21H,6,10-13H2,1-5H3;6-8,13,15-17,20,23-24H,5,9-12H2,1-4H3;5-7,13-14,16,18,22,24H,4,8-12H2,1-3H3;7*1H3;;;;;;;/q;;;;7*-1;;;;;;;/b18-14-;19-14-;18-13-;;;;;;;;;;;;;;;/t16-,17+,20+,24-;17-,18+,21+,24-;15-,16?,17+,20+,23?;13?,14-,16-,18+;;;;;;;;;;;;;;/m1111............../s1. The van der Waals surface area contributed by atoms with Gasteiger partial charge in [-0.3, -0.25) is 44.0 Å². The third-order valence-electron chi connectivity index (χ3n) is 28.5. The fourth-order valence-corrected chi connectivity index (χ4v) is 22.8. The number of aliphatic imine (C=N–C) groups is 2. The van der Waals surface area contributed by atoms with E-state index >= 15 is 0 Å².